The van der Waals surface area contributed by atoms with Gasteiger partial charge in [0.25, 0.3) is 0 Å². The Kier molecular flexibility index (Phi) is 4.23. The van der Waals surface area contributed by atoms with Crippen LogP contribution in [0.2, 0.25) is 0 Å². The van der Waals surface area contributed by atoms with Gasteiger partial charge in [-0.25, -0.2) is 0 Å². The van der Waals surface area contributed by atoms with Gasteiger partial charge >= 0.3 is 5.97 Å². The number of carbonyl (C=O) groups is 1. The topological polar surface area (TPSA) is 39.2 Å². The number of ether oxygens (including phenoxy) is 1. The molecule has 1 atom stereocenters. The van der Waals surface area contributed by atoms with Gasteiger partial charge in [0.05, 0.1) is 12.0 Å². The molecule has 1 rings (SSSR count). The molecule has 0 aromatic carbocycles. The largest absolute Gasteiger partial charge is 0.465 e. The third-order valence-electron chi connectivity index (χ3n) is 2.49. The van der Waals surface area contributed by atoms with E-state index < -0.39 is 5.41 Å². The van der Waals surface area contributed by atoms with Crippen LogP contribution < -0.4 is 0 Å². The van der Waals surface area contributed by atoms with E-state index in [9.17, 15) is 4.79 Å². The standard InChI is InChI=1S/C13H17NO2/c1-4-13(3,12(15)16-5-2)9-11-7-6-8-14-10-11/h4,6-8,10H,1,5,9H2,2-3H3. The third kappa shape index (κ3) is 2.92. The molecule has 1 unspecified atom stereocenters. The zero-order chi connectivity index (χ0) is 12.0. The molecule has 1 aromatic rings. The number of hydrogen-bond acceptors (Lipinski definition) is 3. The van der Waals surface area contributed by atoms with Gasteiger partial charge in [0.2, 0.25) is 0 Å². The van der Waals surface area contributed by atoms with Gasteiger partial charge in [0.15, 0.2) is 0 Å². The summed E-state index contributed by atoms with van der Waals surface area (Å²) in [5, 5.41) is 0. The van der Waals surface area contributed by atoms with Crippen molar-refractivity contribution in [1.29, 1.82) is 0 Å². The maximum Gasteiger partial charge on any atom is 0.315 e. The Hall–Kier alpha value is -1.64. The van der Waals surface area contributed by atoms with Gasteiger partial charge in [-0.3, -0.25) is 9.78 Å². The average molecular weight is 219 g/mol. The van der Waals surface area contributed by atoms with Gasteiger partial charge in [-0.05, 0) is 31.9 Å². The van der Waals surface area contributed by atoms with E-state index in [0.29, 0.717) is 13.0 Å². The molecular formula is C13H17NO2. The lowest BCUT2D eigenvalue weighted by Gasteiger charge is -2.23. The molecule has 0 aliphatic heterocycles. The molecular weight excluding hydrogens is 202 g/mol. The first kappa shape index (κ1) is 12.4. The molecule has 3 nitrogen and oxygen atoms in total. The normalized spacial score (nSPS) is 13.9. The lowest BCUT2D eigenvalue weighted by Crippen LogP contribution is -2.30. The number of rotatable bonds is 5. The van der Waals surface area contributed by atoms with E-state index in [-0.39, 0.29) is 5.97 Å². The van der Waals surface area contributed by atoms with Crippen molar-refractivity contribution in [1.82, 2.24) is 4.98 Å². The molecule has 0 aliphatic rings. The zero-order valence-electron chi connectivity index (χ0n) is 9.77. The van der Waals surface area contributed by atoms with E-state index in [1.54, 1.807) is 25.4 Å². The molecule has 1 aromatic heterocycles. The molecule has 0 radical (unpaired) electrons. The zero-order valence-corrected chi connectivity index (χ0v) is 9.77. The second-order valence-corrected chi connectivity index (χ2v) is 3.88. The lowest BCUT2D eigenvalue weighted by atomic mass is 9.84. The Bertz CT molecular complexity index is 361. The molecule has 0 amide bonds. The van der Waals surface area contributed by atoms with Gasteiger partial charge in [0.1, 0.15) is 0 Å². The Labute approximate surface area is 96.2 Å². The van der Waals surface area contributed by atoms with Crippen molar-refractivity contribution in [2.24, 2.45) is 5.41 Å². The number of aromatic nitrogens is 1. The summed E-state index contributed by atoms with van der Waals surface area (Å²) < 4.78 is 5.04. The highest BCUT2D eigenvalue weighted by Crippen LogP contribution is 2.25. The minimum absolute atomic E-state index is 0.242. The summed E-state index contributed by atoms with van der Waals surface area (Å²) in [5.74, 6) is -0.242. The van der Waals surface area contributed by atoms with Crippen LogP contribution >= 0.6 is 0 Å². The maximum absolute atomic E-state index is 11.8. The molecule has 16 heavy (non-hydrogen) atoms. The summed E-state index contributed by atoms with van der Waals surface area (Å²) >= 11 is 0. The van der Waals surface area contributed by atoms with E-state index in [4.69, 9.17) is 4.74 Å². The summed E-state index contributed by atoms with van der Waals surface area (Å²) in [4.78, 5) is 15.8. The van der Waals surface area contributed by atoms with Crippen LogP contribution in [0.3, 0.4) is 0 Å². The summed E-state index contributed by atoms with van der Waals surface area (Å²) in [6.07, 6.45) is 5.65. The maximum atomic E-state index is 11.8. The fraction of sp³-hybridized carbons (Fsp3) is 0.385. The Balaban J connectivity index is 2.82. The molecule has 0 spiro atoms. The Morgan fingerprint density at radius 3 is 2.94 bits per heavy atom. The summed E-state index contributed by atoms with van der Waals surface area (Å²) in [6, 6.07) is 3.79. The van der Waals surface area contributed by atoms with Crippen molar-refractivity contribution in [2.75, 3.05) is 6.61 Å². The van der Waals surface area contributed by atoms with Crippen LogP contribution in [0.1, 0.15) is 19.4 Å². The number of pyridine rings is 1. The van der Waals surface area contributed by atoms with Crippen LogP contribution in [-0.2, 0) is 16.0 Å². The van der Waals surface area contributed by atoms with Crippen LogP contribution in [0.5, 0.6) is 0 Å². The third-order valence-corrected chi connectivity index (χ3v) is 2.49. The monoisotopic (exact) mass is 219 g/mol. The lowest BCUT2D eigenvalue weighted by molar-refractivity contribution is -0.151. The predicted octanol–water partition coefficient (Wildman–Crippen LogP) is 2.38. The second-order valence-electron chi connectivity index (χ2n) is 3.88. The second kappa shape index (κ2) is 5.45. The Morgan fingerprint density at radius 1 is 1.69 bits per heavy atom. The molecule has 0 bridgehead atoms. The number of carbonyl (C=O) groups excluding carboxylic acids is 1. The molecule has 0 N–H and O–H groups in total. The Morgan fingerprint density at radius 2 is 2.44 bits per heavy atom. The highest BCUT2D eigenvalue weighted by molar-refractivity contribution is 5.79. The molecule has 0 aliphatic carbocycles. The molecule has 3 heteroatoms. The van der Waals surface area contributed by atoms with Gasteiger partial charge in [0, 0.05) is 12.4 Å². The minimum Gasteiger partial charge on any atom is -0.465 e. The van der Waals surface area contributed by atoms with Crippen molar-refractivity contribution in [3.05, 3.63) is 42.7 Å². The highest BCUT2D eigenvalue weighted by Gasteiger charge is 2.31. The van der Waals surface area contributed by atoms with E-state index in [0.717, 1.165) is 5.56 Å². The van der Waals surface area contributed by atoms with Crippen LogP contribution in [-0.4, -0.2) is 17.6 Å². The fourth-order valence-corrected chi connectivity index (χ4v) is 1.45. The fourth-order valence-electron chi connectivity index (χ4n) is 1.45. The number of hydrogen-bond donors (Lipinski definition) is 0. The number of nitrogens with zero attached hydrogens (tertiary/aromatic N) is 1. The average Bonchev–Trinajstić information content (AvgIpc) is 2.30. The SMILES string of the molecule is C=CC(C)(Cc1cccnc1)C(=O)OCC. The van der Waals surface area contributed by atoms with Crippen LogP contribution in [0.4, 0.5) is 0 Å². The van der Waals surface area contributed by atoms with E-state index in [2.05, 4.69) is 11.6 Å². The molecule has 1 heterocycles. The van der Waals surface area contributed by atoms with Gasteiger partial charge in [-0.1, -0.05) is 12.1 Å². The van der Waals surface area contributed by atoms with E-state index >= 15 is 0 Å². The summed E-state index contributed by atoms with van der Waals surface area (Å²) in [5.41, 5.74) is 0.317. The first-order valence-electron chi connectivity index (χ1n) is 5.32. The summed E-state index contributed by atoms with van der Waals surface area (Å²) in [7, 11) is 0. The minimum atomic E-state index is -0.682. The van der Waals surface area contributed by atoms with Crippen molar-refractivity contribution >= 4 is 5.97 Å². The van der Waals surface area contributed by atoms with Crippen molar-refractivity contribution in [2.45, 2.75) is 20.3 Å². The predicted molar refractivity (Wildman–Crippen MR) is 62.9 cm³/mol. The van der Waals surface area contributed by atoms with Gasteiger partial charge in [-0.15, -0.1) is 6.58 Å². The van der Waals surface area contributed by atoms with Crippen molar-refractivity contribution < 1.29 is 9.53 Å². The van der Waals surface area contributed by atoms with Gasteiger partial charge < -0.3 is 4.74 Å². The molecule has 0 saturated carbocycles. The quantitative estimate of drug-likeness (QED) is 0.564. The van der Waals surface area contributed by atoms with Crippen molar-refractivity contribution in [3.63, 3.8) is 0 Å². The molecule has 0 fully saturated rings. The highest BCUT2D eigenvalue weighted by atomic mass is 16.5. The number of esters is 1. The molecule has 86 valence electrons. The molecule has 0 saturated heterocycles. The van der Waals surface area contributed by atoms with Crippen LogP contribution in [0.25, 0.3) is 0 Å². The van der Waals surface area contributed by atoms with E-state index in [1.165, 1.54) is 0 Å². The van der Waals surface area contributed by atoms with Crippen molar-refractivity contribution in [3.8, 4) is 0 Å². The van der Waals surface area contributed by atoms with Crippen LogP contribution in [0.15, 0.2) is 37.2 Å². The van der Waals surface area contributed by atoms with E-state index in [1.807, 2.05) is 19.1 Å². The van der Waals surface area contributed by atoms with Gasteiger partial charge in [-0.2, -0.15) is 0 Å². The summed E-state index contributed by atoms with van der Waals surface area (Å²) in [6.45, 7) is 7.72. The first-order chi connectivity index (χ1) is 7.62. The first-order valence-corrected chi connectivity index (χ1v) is 5.32. The van der Waals surface area contributed by atoms with Crippen LogP contribution in [0, 0.1) is 5.41 Å². The smallest absolute Gasteiger partial charge is 0.315 e.